The maximum atomic E-state index is 12.6. The summed E-state index contributed by atoms with van der Waals surface area (Å²) in [6, 6.07) is 10.4. The third-order valence-corrected chi connectivity index (χ3v) is 5.57. The number of imidazole rings is 1. The number of nitrogens with one attached hydrogen (secondary N) is 2. The van der Waals surface area contributed by atoms with Crippen molar-refractivity contribution < 1.29 is 19.0 Å². The first-order chi connectivity index (χ1) is 17.8. The fourth-order valence-corrected chi connectivity index (χ4v) is 3.61. The highest BCUT2D eigenvalue weighted by Gasteiger charge is 2.14. The molecule has 0 saturated carbocycles. The summed E-state index contributed by atoms with van der Waals surface area (Å²) < 4.78 is 18.2. The molecule has 0 atom stereocenters. The fourth-order valence-electron chi connectivity index (χ4n) is 3.34. The highest BCUT2D eigenvalue weighted by molar-refractivity contribution is 6.34. The third-order valence-electron chi connectivity index (χ3n) is 5.26. The molecule has 1 aromatic heterocycles. The normalized spacial score (nSPS) is 11.9. The zero-order valence-electron chi connectivity index (χ0n) is 21.3. The molecule has 194 valence electrons. The van der Waals surface area contributed by atoms with Gasteiger partial charge in [0.1, 0.15) is 17.3 Å². The third kappa shape index (κ3) is 6.89. The number of anilines is 1. The Morgan fingerprint density at radius 1 is 1.19 bits per heavy atom. The predicted octanol–water partition coefficient (Wildman–Crippen LogP) is 4.63. The first-order valence-corrected chi connectivity index (χ1v) is 11.6. The molecule has 0 aliphatic heterocycles. The Morgan fingerprint density at radius 2 is 1.97 bits per heavy atom. The topological polar surface area (TPSA) is 111 Å². The van der Waals surface area contributed by atoms with Gasteiger partial charge in [-0.2, -0.15) is 4.99 Å². The molecule has 0 aliphatic carbocycles. The van der Waals surface area contributed by atoms with Crippen molar-refractivity contribution in [1.82, 2.24) is 14.9 Å². The van der Waals surface area contributed by atoms with Gasteiger partial charge in [-0.05, 0) is 50.9 Å². The number of halogens is 1. The summed E-state index contributed by atoms with van der Waals surface area (Å²) in [7, 11) is 4.80. The second-order valence-corrected chi connectivity index (χ2v) is 8.15. The number of aliphatic imine (C=N–C) groups is 2. The number of aromatic nitrogens is 2. The van der Waals surface area contributed by atoms with Crippen molar-refractivity contribution in [2.24, 2.45) is 9.98 Å². The summed E-state index contributed by atoms with van der Waals surface area (Å²) in [6.07, 6.45) is 3.63. The van der Waals surface area contributed by atoms with Crippen LogP contribution < -0.4 is 20.1 Å². The molecule has 1 heterocycles. The largest absolute Gasteiger partial charge is 0.497 e. The second-order valence-electron chi connectivity index (χ2n) is 7.74. The molecule has 0 fully saturated rings. The number of nitrogens with zero attached hydrogens (tertiary/aromatic N) is 4. The molecule has 0 unspecified atom stereocenters. The summed E-state index contributed by atoms with van der Waals surface area (Å²) in [5.74, 6) is 1.86. The Kier molecular flexibility index (Phi) is 9.28. The molecule has 0 amide bonds. The van der Waals surface area contributed by atoms with Crippen LogP contribution in [0.1, 0.15) is 23.0 Å². The molecule has 0 saturated heterocycles. The van der Waals surface area contributed by atoms with Crippen LogP contribution in [0.2, 0.25) is 5.02 Å². The van der Waals surface area contributed by atoms with Crippen molar-refractivity contribution >= 4 is 35.7 Å². The zero-order valence-corrected chi connectivity index (χ0v) is 22.1. The Bertz CT molecular complexity index is 1350. The maximum absolute atomic E-state index is 12.6. The number of rotatable bonds is 10. The van der Waals surface area contributed by atoms with E-state index in [2.05, 4.69) is 32.3 Å². The molecular formula is C26H29ClN6O4. The van der Waals surface area contributed by atoms with Crippen LogP contribution in [0.25, 0.3) is 5.69 Å². The molecule has 0 aliphatic rings. The summed E-state index contributed by atoms with van der Waals surface area (Å²) in [4.78, 5) is 25.3. The minimum absolute atomic E-state index is 0.213. The zero-order chi connectivity index (χ0) is 26.9. The average Bonchev–Trinajstić information content (AvgIpc) is 3.34. The Hall–Kier alpha value is -4.31. The van der Waals surface area contributed by atoms with E-state index >= 15 is 0 Å². The number of aryl methyl sites for hydroxylation is 1. The van der Waals surface area contributed by atoms with Gasteiger partial charge in [0.05, 0.1) is 37.0 Å². The minimum Gasteiger partial charge on any atom is -0.497 e. The number of Topliss-reactive ketones (excluding diaryl/α,β-unsaturated/α-hetero) is 1. The summed E-state index contributed by atoms with van der Waals surface area (Å²) in [5, 5.41) is 6.34. The lowest BCUT2D eigenvalue weighted by atomic mass is 10.1. The number of methoxy groups -OCH3 is 2. The van der Waals surface area contributed by atoms with Gasteiger partial charge < -0.3 is 29.4 Å². The Labute approximate surface area is 220 Å². The van der Waals surface area contributed by atoms with Gasteiger partial charge in [-0.25, -0.2) is 9.98 Å². The highest BCUT2D eigenvalue weighted by Crippen LogP contribution is 2.27. The summed E-state index contributed by atoms with van der Waals surface area (Å²) >= 11 is 6.20. The molecule has 0 radical (unpaired) electrons. The van der Waals surface area contributed by atoms with Gasteiger partial charge in [-0.15, -0.1) is 0 Å². The van der Waals surface area contributed by atoms with E-state index in [1.54, 1.807) is 45.6 Å². The maximum Gasteiger partial charge on any atom is 0.228 e. The van der Waals surface area contributed by atoms with Gasteiger partial charge in [0.25, 0.3) is 0 Å². The number of benzene rings is 2. The average molecular weight is 525 g/mol. The van der Waals surface area contributed by atoms with E-state index in [0.29, 0.717) is 34.3 Å². The molecule has 10 nitrogen and oxygen atoms in total. The van der Waals surface area contributed by atoms with Gasteiger partial charge in [-0.1, -0.05) is 11.6 Å². The molecule has 11 heteroatoms. The van der Waals surface area contributed by atoms with Gasteiger partial charge in [0.15, 0.2) is 12.4 Å². The van der Waals surface area contributed by atoms with E-state index in [-0.39, 0.29) is 23.4 Å². The predicted molar refractivity (Wildman–Crippen MR) is 146 cm³/mol. The van der Waals surface area contributed by atoms with E-state index in [1.165, 1.54) is 7.11 Å². The number of hydrogen-bond acceptors (Lipinski definition) is 7. The minimum atomic E-state index is -0.285. The molecule has 2 N–H and O–H groups in total. The monoisotopic (exact) mass is 524 g/mol. The lowest BCUT2D eigenvalue weighted by Crippen LogP contribution is -2.16. The molecule has 3 aromatic rings. The van der Waals surface area contributed by atoms with Crippen LogP contribution in [0.3, 0.4) is 0 Å². The van der Waals surface area contributed by atoms with Gasteiger partial charge in [0, 0.05) is 30.6 Å². The number of guanidine groups is 1. The smallest absolute Gasteiger partial charge is 0.228 e. The number of ketones is 1. The molecule has 2 aromatic carbocycles. The van der Waals surface area contributed by atoms with Crippen LogP contribution in [0.5, 0.6) is 11.5 Å². The number of carbonyl (C=O) groups excluding carboxylic acids is 1. The van der Waals surface area contributed by atoms with Crippen molar-refractivity contribution in [3.05, 3.63) is 76.8 Å². The highest BCUT2D eigenvalue weighted by atomic mass is 35.5. The molecule has 3 rings (SSSR count). The van der Waals surface area contributed by atoms with Gasteiger partial charge >= 0.3 is 0 Å². The van der Waals surface area contributed by atoms with Crippen LogP contribution in [-0.2, 0) is 4.74 Å². The van der Waals surface area contributed by atoms with Crippen LogP contribution in [0, 0.1) is 6.92 Å². The van der Waals surface area contributed by atoms with Crippen molar-refractivity contribution in [3.63, 3.8) is 0 Å². The van der Waals surface area contributed by atoms with Crippen LogP contribution >= 0.6 is 11.6 Å². The molecular weight excluding hydrogens is 496 g/mol. The van der Waals surface area contributed by atoms with E-state index in [4.69, 9.17) is 25.8 Å². The second kappa shape index (κ2) is 12.6. The number of hydrogen-bond donors (Lipinski definition) is 2. The standard InChI is InChI=1S/C26H29ClN6O4/c1-16-13-33(15-30-16)22-10-7-18(11-24(22)36-6)31-26(29-4)32-25(28-3)17(2)37-14-23(34)20-9-8-19(35-5)12-21(20)27/h7-13,15,28H,4,14H2,1-3,5-6H3,(H,31,32)/b25-17+. The Balaban J connectivity index is 1.75. The SMILES string of the molecule is C=NC(=N/C(NC)=C(\C)OCC(=O)c1ccc(OC)cc1Cl)Nc1ccc(-n2cnc(C)c2)c(OC)c1. The quantitative estimate of drug-likeness (QED) is 0.172. The molecule has 0 spiro atoms. The molecule has 37 heavy (non-hydrogen) atoms. The number of ether oxygens (including phenoxy) is 3. The van der Waals surface area contributed by atoms with Crippen LogP contribution in [0.15, 0.2) is 70.5 Å². The fraction of sp³-hybridized carbons (Fsp3) is 0.231. The number of allylic oxidation sites excluding steroid dienone is 1. The summed E-state index contributed by atoms with van der Waals surface area (Å²) in [6.45, 7) is 6.97. The van der Waals surface area contributed by atoms with Crippen LogP contribution in [0.4, 0.5) is 5.69 Å². The van der Waals surface area contributed by atoms with Crippen molar-refractivity contribution in [1.29, 1.82) is 0 Å². The molecule has 0 bridgehead atoms. The van der Waals surface area contributed by atoms with Gasteiger partial charge in [-0.3, -0.25) is 4.79 Å². The van der Waals surface area contributed by atoms with E-state index in [0.717, 1.165) is 11.4 Å². The lowest BCUT2D eigenvalue weighted by molar-refractivity contribution is 0.0860. The van der Waals surface area contributed by atoms with E-state index in [9.17, 15) is 4.79 Å². The first kappa shape index (κ1) is 27.3. The first-order valence-electron chi connectivity index (χ1n) is 11.2. The van der Waals surface area contributed by atoms with Crippen molar-refractivity contribution in [3.8, 4) is 17.2 Å². The van der Waals surface area contributed by atoms with E-state index in [1.807, 2.05) is 35.9 Å². The number of carbonyl (C=O) groups is 1. The van der Waals surface area contributed by atoms with E-state index < -0.39 is 0 Å². The van der Waals surface area contributed by atoms with Crippen molar-refractivity contribution in [2.75, 3.05) is 33.2 Å². The lowest BCUT2D eigenvalue weighted by Gasteiger charge is -2.14. The van der Waals surface area contributed by atoms with Crippen molar-refractivity contribution in [2.45, 2.75) is 13.8 Å². The van der Waals surface area contributed by atoms with Crippen LogP contribution in [-0.4, -0.2) is 55.9 Å². The Morgan fingerprint density at radius 3 is 2.57 bits per heavy atom. The summed E-state index contributed by atoms with van der Waals surface area (Å²) in [5.41, 5.74) is 2.75. The van der Waals surface area contributed by atoms with Gasteiger partial charge in [0.2, 0.25) is 11.7 Å².